The van der Waals surface area contributed by atoms with Crippen LogP contribution in [0.4, 0.5) is 0 Å². The zero-order valence-electron chi connectivity index (χ0n) is 10.2. The Kier molecular flexibility index (Phi) is 2.92. The highest BCUT2D eigenvalue weighted by atomic mass is 32.1. The third kappa shape index (κ3) is 2.24. The van der Waals surface area contributed by atoms with E-state index >= 15 is 0 Å². The minimum Gasteiger partial charge on any atom is -0.341 e. The Morgan fingerprint density at radius 3 is 3.12 bits per heavy atom. The SMILES string of the molecule is CC1CN(C(=O)CN2CCc3sccc3C2)C1. The standard InChI is InChI=1S/C13H18N2OS/c1-10-6-15(7-10)13(16)9-14-4-2-12-11(8-14)3-5-17-12/h3,5,10H,2,4,6-9H2,1H3. The average molecular weight is 250 g/mol. The molecular weight excluding hydrogens is 232 g/mol. The molecule has 17 heavy (non-hydrogen) atoms. The zero-order valence-corrected chi connectivity index (χ0v) is 11.0. The van der Waals surface area contributed by atoms with Gasteiger partial charge in [-0.25, -0.2) is 0 Å². The van der Waals surface area contributed by atoms with E-state index < -0.39 is 0 Å². The Morgan fingerprint density at radius 2 is 2.35 bits per heavy atom. The molecule has 0 aromatic carbocycles. The van der Waals surface area contributed by atoms with Gasteiger partial charge < -0.3 is 4.90 Å². The number of amides is 1. The molecule has 0 saturated carbocycles. The largest absolute Gasteiger partial charge is 0.341 e. The Morgan fingerprint density at radius 1 is 1.53 bits per heavy atom. The molecule has 92 valence electrons. The summed E-state index contributed by atoms with van der Waals surface area (Å²) in [6, 6.07) is 2.20. The second kappa shape index (κ2) is 4.42. The van der Waals surface area contributed by atoms with Gasteiger partial charge in [-0.3, -0.25) is 9.69 Å². The second-order valence-electron chi connectivity index (χ2n) is 5.23. The molecule has 3 heterocycles. The lowest BCUT2D eigenvalue weighted by atomic mass is 10.0. The van der Waals surface area contributed by atoms with Crippen molar-refractivity contribution in [3.63, 3.8) is 0 Å². The lowest BCUT2D eigenvalue weighted by Gasteiger charge is -2.39. The van der Waals surface area contributed by atoms with Crippen LogP contribution in [0.1, 0.15) is 17.4 Å². The van der Waals surface area contributed by atoms with E-state index in [9.17, 15) is 4.79 Å². The lowest BCUT2D eigenvalue weighted by molar-refractivity contribution is -0.138. The van der Waals surface area contributed by atoms with Crippen molar-refractivity contribution in [1.82, 2.24) is 9.80 Å². The van der Waals surface area contributed by atoms with Gasteiger partial charge in [-0.2, -0.15) is 0 Å². The number of carbonyl (C=O) groups excluding carboxylic acids is 1. The Labute approximate surface area is 106 Å². The average Bonchev–Trinajstić information content (AvgIpc) is 2.71. The number of rotatable bonds is 2. The molecule has 0 radical (unpaired) electrons. The molecule has 2 aliphatic heterocycles. The molecule has 0 bridgehead atoms. The van der Waals surface area contributed by atoms with Gasteiger partial charge >= 0.3 is 0 Å². The summed E-state index contributed by atoms with van der Waals surface area (Å²) in [4.78, 5) is 17.7. The Bertz CT molecular complexity index is 423. The lowest BCUT2D eigenvalue weighted by Crippen LogP contribution is -2.52. The van der Waals surface area contributed by atoms with Crippen molar-refractivity contribution in [2.24, 2.45) is 5.92 Å². The van der Waals surface area contributed by atoms with Gasteiger partial charge in [0.1, 0.15) is 0 Å². The van der Waals surface area contributed by atoms with Gasteiger partial charge in [-0.05, 0) is 29.3 Å². The highest BCUT2D eigenvalue weighted by molar-refractivity contribution is 7.10. The Hall–Kier alpha value is -0.870. The van der Waals surface area contributed by atoms with Gasteiger partial charge in [0.05, 0.1) is 6.54 Å². The van der Waals surface area contributed by atoms with Crippen molar-refractivity contribution in [2.45, 2.75) is 19.9 Å². The summed E-state index contributed by atoms with van der Waals surface area (Å²) in [5.41, 5.74) is 1.42. The number of hydrogen-bond acceptors (Lipinski definition) is 3. The molecule has 0 unspecified atom stereocenters. The van der Waals surface area contributed by atoms with Crippen LogP contribution < -0.4 is 0 Å². The van der Waals surface area contributed by atoms with E-state index in [2.05, 4.69) is 23.3 Å². The van der Waals surface area contributed by atoms with Crippen molar-refractivity contribution in [3.05, 3.63) is 21.9 Å². The number of likely N-dealkylation sites (tertiary alicyclic amines) is 1. The van der Waals surface area contributed by atoms with Crippen molar-refractivity contribution in [1.29, 1.82) is 0 Å². The van der Waals surface area contributed by atoms with Gasteiger partial charge in [0.2, 0.25) is 5.91 Å². The summed E-state index contributed by atoms with van der Waals surface area (Å²) in [6.07, 6.45) is 1.11. The normalized spacial score (nSPS) is 21.1. The highest BCUT2D eigenvalue weighted by Crippen LogP contribution is 2.24. The van der Waals surface area contributed by atoms with E-state index in [1.807, 2.05) is 16.2 Å². The first-order valence-corrected chi connectivity index (χ1v) is 7.15. The smallest absolute Gasteiger partial charge is 0.236 e. The number of thiophene rings is 1. The number of carbonyl (C=O) groups is 1. The van der Waals surface area contributed by atoms with E-state index in [-0.39, 0.29) is 0 Å². The minimum absolute atomic E-state index is 0.307. The molecule has 1 fully saturated rings. The van der Waals surface area contributed by atoms with E-state index in [1.165, 1.54) is 10.4 Å². The molecule has 0 aliphatic carbocycles. The van der Waals surface area contributed by atoms with Gasteiger partial charge in [0.15, 0.2) is 0 Å². The third-order valence-corrected chi connectivity index (χ3v) is 4.69. The zero-order chi connectivity index (χ0) is 11.8. The van der Waals surface area contributed by atoms with Gasteiger partial charge in [0, 0.05) is 31.1 Å². The van der Waals surface area contributed by atoms with Crippen molar-refractivity contribution in [3.8, 4) is 0 Å². The second-order valence-corrected chi connectivity index (χ2v) is 6.23. The number of fused-ring (bicyclic) bond motifs is 1. The van der Waals surface area contributed by atoms with Crippen LogP contribution in [0.3, 0.4) is 0 Å². The quantitative estimate of drug-likeness (QED) is 0.796. The molecule has 3 rings (SSSR count). The van der Waals surface area contributed by atoms with E-state index in [4.69, 9.17) is 0 Å². The maximum absolute atomic E-state index is 12.0. The van der Waals surface area contributed by atoms with Crippen LogP contribution in [0, 0.1) is 5.92 Å². The summed E-state index contributed by atoms with van der Waals surface area (Å²) >= 11 is 1.85. The first-order chi connectivity index (χ1) is 8.22. The van der Waals surface area contributed by atoms with Crippen LogP contribution in [0.5, 0.6) is 0 Å². The Balaban J connectivity index is 1.55. The molecule has 1 saturated heterocycles. The summed E-state index contributed by atoms with van der Waals surface area (Å²) in [5, 5.41) is 2.16. The monoisotopic (exact) mass is 250 g/mol. The summed E-state index contributed by atoms with van der Waals surface area (Å²) < 4.78 is 0. The fourth-order valence-corrected chi connectivity index (χ4v) is 3.53. The van der Waals surface area contributed by atoms with E-state index in [0.717, 1.165) is 32.6 Å². The van der Waals surface area contributed by atoms with Crippen LogP contribution in [-0.4, -0.2) is 41.9 Å². The third-order valence-electron chi connectivity index (χ3n) is 3.66. The minimum atomic E-state index is 0.307. The van der Waals surface area contributed by atoms with Crippen molar-refractivity contribution >= 4 is 17.2 Å². The number of hydrogen-bond donors (Lipinski definition) is 0. The summed E-state index contributed by atoms with van der Waals surface area (Å²) in [6.45, 7) is 6.69. The molecule has 1 aromatic heterocycles. The topological polar surface area (TPSA) is 23.6 Å². The molecule has 1 amide bonds. The molecule has 3 nitrogen and oxygen atoms in total. The molecule has 4 heteroatoms. The molecule has 0 atom stereocenters. The number of nitrogens with zero attached hydrogens (tertiary/aromatic N) is 2. The molecule has 0 N–H and O–H groups in total. The molecule has 2 aliphatic rings. The first kappa shape index (κ1) is 11.2. The fraction of sp³-hybridized carbons (Fsp3) is 0.615. The van der Waals surface area contributed by atoms with E-state index in [1.54, 1.807) is 0 Å². The molecule has 1 aromatic rings. The fourth-order valence-electron chi connectivity index (χ4n) is 2.64. The maximum Gasteiger partial charge on any atom is 0.236 e. The molecular formula is C13H18N2OS. The summed E-state index contributed by atoms with van der Waals surface area (Å²) in [5.74, 6) is 1.01. The van der Waals surface area contributed by atoms with Crippen LogP contribution in [0.15, 0.2) is 11.4 Å². The van der Waals surface area contributed by atoms with Crippen LogP contribution >= 0.6 is 11.3 Å². The van der Waals surface area contributed by atoms with Crippen molar-refractivity contribution in [2.75, 3.05) is 26.2 Å². The highest BCUT2D eigenvalue weighted by Gasteiger charge is 2.28. The van der Waals surface area contributed by atoms with Gasteiger partial charge in [-0.15, -0.1) is 11.3 Å². The van der Waals surface area contributed by atoms with Crippen molar-refractivity contribution < 1.29 is 4.79 Å². The van der Waals surface area contributed by atoms with Crippen LogP contribution in [0.2, 0.25) is 0 Å². The first-order valence-electron chi connectivity index (χ1n) is 6.28. The predicted molar refractivity (Wildman–Crippen MR) is 69.0 cm³/mol. The molecule has 0 spiro atoms. The van der Waals surface area contributed by atoms with Crippen LogP contribution in [-0.2, 0) is 17.8 Å². The van der Waals surface area contributed by atoms with E-state index in [0.29, 0.717) is 18.4 Å². The van der Waals surface area contributed by atoms with Gasteiger partial charge in [0.25, 0.3) is 0 Å². The van der Waals surface area contributed by atoms with Gasteiger partial charge in [-0.1, -0.05) is 6.92 Å². The van der Waals surface area contributed by atoms with Crippen LogP contribution in [0.25, 0.3) is 0 Å². The predicted octanol–water partition coefficient (Wildman–Crippen LogP) is 1.58. The summed E-state index contributed by atoms with van der Waals surface area (Å²) in [7, 11) is 0. The maximum atomic E-state index is 12.0.